The van der Waals surface area contributed by atoms with Crippen LogP contribution in [-0.2, 0) is 10.0 Å². The Hall–Kier alpha value is -1.07. The van der Waals surface area contributed by atoms with E-state index in [1.807, 2.05) is 11.0 Å². The minimum atomic E-state index is -3.50. The van der Waals surface area contributed by atoms with Gasteiger partial charge in [0.15, 0.2) is 0 Å². The van der Waals surface area contributed by atoms with Crippen LogP contribution in [0.2, 0.25) is 0 Å². The van der Waals surface area contributed by atoms with Gasteiger partial charge in [-0.3, -0.25) is 0 Å². The highest BCUT2D eigenvalue weighted by Crippen LogP contribution is 2.29. The van der Waals surface area contributed by atoms with Gasteiger partial charge in [-0.05, 0) is 25.0 Å². The highest BCUT2D eigenvalue weighted by Gasteiger charge is 2.24. The number of sulfonamides is 1. The molecule has 1 aromatic carbocycles. The molecule has 0 saturated carbocycles. The molecule has 0 unspecified atom stereocenters. The third-order valence-corrected chi connectivity index (χ3v) is 4.10. The van der Waals surface area contributed by atoms with Crippen LogP contribution in [0.1, 0.15) is 12.8 Å². The third-order valence-electron chi connectivity index (χ3n) is 2.56. The molecule has 0 radical (unpaired) electrons. The summed E-state index contributed by atoms with van der Waals surface area (Å²) in [5.74, 6) is 0.616. The largest absolute Gasteiger partial charge is 0.331 e. The van der Waals surface area contributed by atoms with Crippen molar-refractivity contribution in [2.24, 2.45) is 4.40 Å². The summed E-state index contributed by atoms with van der Waals surface area (Å²) in [7, 11) is -3.50. The predicted octanol–water partition coefficient (Wildman–Crippen LogP) is 2.24. The Balaban J connectivity index is 2.28. The standard InChI is InChI=1S/C11H13ClN2O2S/c12-7-3-4-8-14-9-13-17(15,16)11-6-2-1-5-10(11)14/h1-2,5-6,9H,3-4,7-8H2. The molecule has 1 aromatic rings. The first-order chi connectivity index (χ1) is 8.15. The second-order valence-electron chi connectivity index (χ2n) is 3.75. The third kappa shape index (κ3) is 2.61. The van der Waals surface area contributed by atoms with Crippen LogP contribution in [0.15, 0.2) is 33.6 Å². The maximum absolute atomic E-state index is 11.7. The van der Waals surface area contributed by atoms with Crippen LogP contribution < -0.4 is 4.90 Å². The fraction of sp³-hybridized carbons (Fsp3) is 0.364. The fourth-order valence-corrected chi connectivity index (χ4v) is 2.95. The quantitative estimate of drug-likeness (QED) is 0.624. The summed E-state index contributed by atoms with van der Waals surface area (Å²) in [6.07, 6.45) is 3.19. The zero-order valence-electron chi connectivity index (χ0n) is 9.21. The number of anilines is 1. The van der Waals surface area contributed by atoms with Crippen LogP contribution in [0, 0.1) is 0 Å². The molecule has 0 spiro atoms. The molecule has 0 fully saturated rings. The van der Waals surface area contributed by atoms with Crippen molar-refractivity contribution in [1.82, 2.24) is 0 Å². The van der Waals surface area contributed by atoms with Crippen LogP contribution in [-0.4, -0.2) is 27.2 Å². The second-order valence-corrected chi connectivity index (χ2v) is 5.73. The van der Waals surface area contributed by atoms with Gasteiger partial charge in [-0.15, -0.1) is 16.0 Å². The lowest BCUT2D eigenvalue weighted by atomic mass is 10.2. The molecular weight excluding hydrogens is 260 g/mol. The van der Waals surface area contributed by atoms with Gasteiger partial charge in [0.1, 0.15) is 11.2 Å². The molecule has 0 N–H and O–H groups in total. The summed E-state index contributed by atoms with van der Waals surface area (Å²) >= 11 is 5.62. The number of hydrogen-bond acceptors (Lipinski definition) is 3. The average molecular weight is 273 g/mol. The zero-order chi connectivity index (χ0) is 12.3. The van der Waals surface area contributed by atoms with E-state index < -0.39 is 10.0 Å². The lowest BCUT2D eigenvalue weighted by molar-refractivity contribution is 0.597. The Labute approximate surface area is 106 Å². The molecule has 2 rings (SSSR count). The number of nitrogens with zero attached hydrogens (tertiary/aromatic N) is 2. The van der Waals surface area contributed by atoms with E-state index in [0.29, 0.717) is 11.6 Å². The number of benzene rings is 1. The Morgan fingerprint density at radius 3 is 2.76 bits per heavy atom. The summed E-state index contributed by atoms with van der Waals surface area (Å²) in [6, 6.07) is 6.89. The van der Waals surface area contributed by atoms with E-state index in [1.165, 1.54) is 6.34 Å². The van der Waals surface area contributed by atoms with E-state index in [2.05, 4.69) is 4.40 Å². The second kappa shape index (κ2) is 5.06. The summed E-state index contributed by atoms with van der Waals surface area (Å²) in [5.41, 5.74) is 0.692. The molecule has 4 nitrogen and oxygen atoms in total. The fourth-order valence-electron chi connectivity index (χ4n) is 1.71. The van der Waals surface area contributed by atoms with Crippen molar-refractivity contribution in [3.8, 4) is 0 Å². The van der Waals surface area contributed by atoms with Crippen molar-refractivity contribution in [3.63, 3.8) is 0 Å². The van der Waals surface area contributed by atoms with E-state index in [-0.39, 0.29) is 4.90 Å². The zero-order valence-corrected chi connectivity index (χ0v) is 10.8. The van der Waals surface area contributed by atoms with Gasteiger partial charge < -0.3 is 4.90 Å². The molecule has 1 aliphatic rings. The summed E-state index contributed by atoms with van der Waals surface area (Å²) in [6.45, 7) is 0.725. The summed E-state index contributed by atoms with van der Waals surface area (Å²) < 4.78 is 27.0. The van der Waals surface area contributed by atoms with Crippen LogP contribution in [0.4, 0.5) is 5.69 Å². The van der Waals surface area contributed by atoms with E-state index in [4.69, 9.17) is 11.6 Å². The molecule has 6 heteroatoms. The van der Waals surface area contributed by atoms with Crippen LogP contribution in [0.25, 0.3) is 0 Å². The maximum atomic E-state index is 11.7. The number of para-hydroxylation sites is 1. The minimum absolute atomic E-state index is 0.272. The average Bonchev–Trinajstić information content (AvgIpc) is 2.33. The minimum Gasteiger partial charge on any atom is -0.331 e. The normalized spacial score (nSPS) is 16.9. The highest BCUT2D eigenvalue weighted by molar-refractivity contribution is 7.90. The van der Waals surface area contributed by atoms with Crippen molar-refractivity contribution >= 4 is 33.7 Å². The first-order valence-corrected chi connectivity index (χ1v) is 7.35. The summed E-state index contributed by atoms with van der Waals surface area (Å²) in [4.78, 5) is 2.12. The van der Waals surface area contributed by atoms with Crippen molar-refractivity contribution in [2.75, 3.05) is 17.3 Å². The molecule has 0 aliphatic carbocycles. The number of rotatable bonds is 4. The molecule has 1 aliphatic heterocycles. The van der Waals surface area contributed by atoms with Gasteiger partial charge in [-0.1, -0.05) is 12.1 Å². The van der Waals surface area contributed by atoms with Gasteiger partial charge in [-0.2, -0.15) is 8.42 Å². The van der Waals surface area contributed by atoms with Crippen LogP contribution in [0.5, 0.6) is 0 Å². The Morgan fingerprint density at radius 2 is 2.00 bits per heavy atom. The van der Waals surface area contributed by atoms with Gasteiger partial charge in [-0.25, -0.2) is 0 Å². The van der Waals surface area contributed by atoms with Gasteiger partial charge >= 0.3 is 0 Å². The molecule has 0 amide bonds. The molecule has 0 aromatic heterocycles. The predicted molar refractivity (Wildman–Crippen MR) is 69.4 cm³/mol. The Morgan fingerprint density at radius 1 is 1.24 bits per heavy atom. The van der Waals surface area contributed by atoms with E-state index >= 15 is 0 Å². The number of halogens is 1. The number of fused-ring (bicyclic) bond motifs is 1. The topological polar surface area (TPSA) is 49.7 Å². The first kappa shape index (κ1) is 12.4. The van der Waals surface area contributed by atoms with E-state index in [1.54, 1.807) is 18.2 Å². The SMILES string of the molecule is O=S1(=O)N=CN(CCCCCl)c2ccccc21. The molecule has 0 saturated heterocycles. The maximum Gasteiger partial charge on any atom is 0.285 e. The van der Waals surface area contributed by atoms with Gasteiger partial charge in [0.05, 0.1) is 5.69 Å². The van der Waals surface area contributed by atoms with Crippen molar-refractivity contribution in [3.05, 3.63) is 24.3 Å². The van der Waals surface area contributed by atoms with Gasteiger partial charge in [0.25, 0.3) is 10.0 Å². The number of unbranched alkanes of at least 4 members (excludes halogenated alkanes) is 1. The first-order valence-electron chi connectivity index (χ1n) is 5.37. The number of alkyl halides is 1. The van der Waals surface area contributed by atoms with Crippen LogP contribution >= 0.6 is 11.6 Å². The van der Waals surface area contributed by atoms with E-state index in [0.717, 1.165) is 19.4 Å². The summed E-state index contributed by atoms with van der Waals surface area (Å²) in [5, 5.41) is 0. The lowest BCUT2D eigenvalue weighted by Gasteiger charge is -2.24. The molecular formula is C11H13ClN2O2S. The Bertz CT molecular complexity index is 528. The Kier molecular flexibility index (Phi) is 3.69. The van der Waals surface area contributed by atoms with Gasteiger partial charge in [0.2, 0.25) is 0 Å². The van der Waals surface area contributed by atoms with E-state index in [9.17, 15) is 8.42 Å². The molecule has 17 heavy (non-hydrogen) atoms. The van der Waals surface area contributed by atoms with Crippen molar-refractivity contribution in [2.45, 2.75) is 17.7 Å². The van der Waals surface area contributed by atoms with Gasteiger partial charge in [0, 0.05) is 12.4 Å². The lowest BCUT2D eigenvalue weighted by Crippen LogP contribution is -2.28. The monoisotopic (exact) mass is 272 g/mol. The number of hydrogen-bond donors (Lipinski definition) is 0. The molecule has 0 atom stereocenters. The highest BCUT2D eigenvalue weighted by atomic mass is 35.5. The smallest absolute Gasteiger partial charge is 0.285 e. The molecule has 1 heterocycles. The van der Waals surface area contributed by atoms with Crippen molar-refractivity contribution < 1.29 is 8.42 Å². The molecule has 0 bridgehead atoms. The molecule has 92 valence electrons. The van der Waals surface area contributed by atoms with Crippen molar-refractivity contribution in [1.29, 1.82) is 0 Å². The van der Waals surface area contributed by atoms with Crippen LogP contribution in [0.3, 0.4) is 0 Å².